The highest BCUT2D eigenvalue weighted by atomic mass is 79.9. The second-order valence-corrected chi connectivity index (χ2v) is 6.71. The average molecular weight is 342 g/mol. The molecule has 2 rings (SSSR count). The van der Waals surface area contributed by atoms with E-state index in [4.69, 9.17) is 0 Å². The largest absolute Gasteiger partial charge is 0.382 e. The summed E-state index contributed by atoms with van der Waals surface area (Å²) in [5.74, 6) is 1.54. The normalized spacial score (nSPS) is 22.8. The molecule has 0 saturated heterocycles. The maximum Gasteiger partial charge on any atom is 0.283 e. The number of halogens is 1. The molecule has 0 spiro atoms. The molecular formula is C15H24BrN3O. The molecule has 112 valence electrons. The molecule has 1 aliphatic rings. The van der Waals surface area contributed by atoms with Crippen LogP contribution in [0, 0.1) is 11.8 Å². The Kier molecular flexibility index (Phi) is 5.64. The molecule has 0 aromatic carbocycles. The SMILES string of the molecule is CCCn1ncc(NCC2CCCC(C)C2)c(Br)c1=O. The lowest BCUT2D eigenvalue weighted by Crippen LogP contribution is -2.26. The van der Waals surface area contributed by atoms with Gasteiger partial charge in [-0.05, 0) is 47.0 Å². The Hall–Kier alpha value is -0.840. The fourth-order valence-electron chi connectivity index (χ4n) is 2.96. The highest BCUT2D eigenvalue weighted by Crippen LogP contribution is 2.29. The van der Waals surface area contributed by atoms with Gasteiger partial charge in [0.2, 0.25) is 0 Å². The van der Waals surface area contributed by atoms with Gasteiger partial charge in [-0.3, -0.25) is 4.79 Å². The van der Waals surface area contributed by atoms with Crippen LogP contribution < -0.4 is 10.9 Å². The molecule has 0 bridgehead atoms. The third-order valence-electron chi connectivity index (χ3n) is 4.05. The summed E-state index contributed by atoms with van der Waals surface area (Å²) in [6.07, 6.45) is 7.92. The van der Waals surface area contributed by atoms with Crippen molar-refractivity contribution < 1.29 is 0 Å². The molecule has 1 aliphatic carbocycles. The van der Waals surface area contributed by atoms with Crippen molar-refractivity contribution in [3.63, 3.8) is 0 Å². The van der Waals surface area contributed by atoms with Crippen molar-refractivity contribution in [2.45, 2.75) is 52.5 Å². The van der Waals surface area contributed by atoms with Crippen molar-refractivity contribution >= 4 is 21.6 Å². The Bertz CT molecular complexity index is 500. The minimum Gasteiger partial charge on any atom is -0.382 e. The van der Waals surface area contributed by atoms with Gasteiger partial charge in [-0.1, -0.05) is 26.7 Å². The van der Waals surface area contributed by atoms with Crippen LogP contribution >= 0.6 is 15.9 Å². The summed E-state index contributed by atoms with van der Waals surface area (Å²) in [6, 6.07) is 0. The molecule has 1 heterocycles. The van der Waals surface area contributed by atoms with Gasteiger partial charge in [0.15, 0.2) is 0 Å². The molecule has 2 atom stereocenters. The Morgan fingerprint density at radius 1 is 1.50 bits per heavy atom. The highest BCUT2D eigenvalue weighted by molar-refractivity contribution is 9.10. The van der Waals surface area contributed by atoms with Crippen LogP contribution in [0.1, 0.15) is 46.0 Å². The van der Waals surface area contributed by atoms with Crippen LogP contribution in [-0.4, -0.2) is 16.3 Å². The van der Waals surface area contributed by atoms with Gasteiger partial charge in [0.05, 0.1) is 11.9 Å². The van der Waals surface area contributed by atoms with Crippen molar-refractivity contribution in [1.82, 2.24) is 9.78 Å². The van der Waals surface area contributed by atoms with E-state index < -0.39 is 0 Å². The molecule has 5 heteroatoms. The number of hydrogen-bond donors (Lipinski definition) is 1. The zero-order valence-electron chi connectivity index (χ0n) is 12.4. The van der Waals surface area contributed by atoms with Gasteiger partial charge in [0, 0.05) is 13.1 Å². The predicted molar refractivity (Wildman–Crippen MR) is 86.1 cm³/mol. The second kappa shape index (κ2) is 7.25. The standard InChI is InChI=1S/C15H24BrN3O/c1-3-7-19-15(20)14(16)13(10-18-19)17-9-12-6-4-5-11(2)8-12/h10-12,17H,3-9H2,1-2H3. The minimum absolute atomic E-state index is 0.0473. The second-order valence-electron chi connectivity index (χ2n) is 5.92. The van der Waals surface area contributed by atoms with Crippen LogP contribution in [0.3, 0.4) is 0 Å². The lowest BCUT2D eigenvalue weighted by Gasteiger charge is -2.27. The van der Waals surface area contributed by atoms with E-state index in [0.29, 0.717) is 16.9 Å². The predicted octanol–water partition coefficient (Wildman–Crippen LogP) is 3.65. The number of hydrogen-bond acceptors (Lipinski definition) is 3. The van der Waals surface area contributed by atoms with Crippen LogP contribution in [0.2, 0.25) is 0 Å². The molecular weight excluding hydrogens is 318 g/mol. The van der Waals surface area contributed by atoms with Crippen LogP contribution in [0.4, 0.5) is 5.69 Å². The Labute approximate surface area is 129 Å². The topological polar surface area (TPSA) is 46.9 Å². The number of nitrogens with zero attached hydrogens (tertiary/aromatic N) is 2. The quantitative estimate of drug-likeness (QED) is 0.888. The summed E-state index contributed by atoms with van der Waals surface area (Å²) in [5.41, 5.74) is 0.773. The van der Waals surface area contributed by atoms with Gasteiger partial charge in [0.1, 0.15) is 4.47 Å². The lowest BCUT2D eigenvalue weighted by atomic mass is 9.82. The van der Waals surface area contributed by atoms with Gasteiger partial charge in [-0.25, -0.2) is 4.68 Å². The maximum atomic E-state index is 12.1. The van der Waals surface area contributed by atoms with Crippen LogP contribution in [0.5, 0.6) is 0 Å². The van der Waals surface area contributed by atoms with Crippen LogP contribution in [0.25, 0.3) is 0 Å². The average Bonchev–Trinajstić information content (AvgIpc) is 2.43. The summed E-state index contributed by atoms with van der Waals surface area (Å²) in [4.78, 5) is 12.1. The number of rotatable bonds is 5. The van der Waals surface area contributed by atoms with Gasteiger partial charge in [-0.15, -0.1) is 0 Å². The van der Waals surface area contributed by atoms with E-state index in [1.54, 1.807) is 6.20 Å². The monoisotopic (exact) mass is 341 g/mol. The van der Waals surface area contributed by atoms with Crippen LogP contribution in [-0.2, 0) is 6.54 Å². The number of anilines is 1. The van der Waals surface area contributed by atoms with Crippen molar-refractivity contribution in [3.05, 3.63) is 21.0 Å². The Morgan fingerprint density at radius 2 is 2.30 bits per heavy atom. The minimum atomic E-state index is -0.0473. The molecule has 0 amide bonds. The first kappa shape index (κ1) is 15.5. The van der Waals surface area contributed by atoms with Crippen molar-refractivity contribution in [2.24, 2.45) is 11.8 Å². The molecule has 1 N–H and O–H groups in total. The van der Waals surface area contributed by atoms with E-state index in [0.717, 1.165) is 24.6 Å². The molecule has 1 aromatic rings. The van der Waals surface area contributed by atoms with E-state index >= 15 is 0 Å². The molecule has 4 nitrogen and oxygen atoms in total. The molecule has 20 heavy (non-hydrogen) atoms. The zero-order chi connectivity index (χ0) is 14.5. The van der Waals surface area contributed by atoms with Crippen molar-refractivity contribution in [3.8, 4) is 0 Å². The Morgan fingerprint density at radius 3 is 3.00 bits per heavy atom. The fourth-order valence-corrected chi connectivity index (χ4v) is 3.41. The van der Waals surface area contributed by atoms with E-state index in [-0.39, 0.29) is 5.56 Å². The summed E-state index contributed by atoms with van der Waals surface area (Å²) < 4.78 is 2.11. The zero-order valence-corrected chi connectivity index (χ0v) is 13.9. The lowest BCUT2D eigenvalue weighted by molar-refractivity contribution is 0.293. The first-order valence-electron chi connectivity index (χ1n) is 7.61. The van der Waals surface area contributed by atoms with E-state index in [1.807, 2.05) is 6.92 Å². The third kappa shape index (κ3) is 3.84. The third-order valence-corrected chi connectivity index (χ3v) is 4.81. The molecule has 1 fully saturated rings. The van der Waals surface area contributed by atoms with Crippen molar-refractivity contribution in [1.29, 1.82) is 0 Å². The number of aromatic nitrogens is 2. The summed E-state index contributed by atoms with van der Waals surface area (Å²) in [5, 5.41) is 7.61. The molecule has 0 aliphatic heterocycles. The first-order valence-corrected chi connectivity index (χ1v) is 8.40. The molecule has 1 saturated carbocycles. The molecule has 2 unspecified atom stereocenters. The Balaban J connectivity index is 1.99. The maximum absolute atomic E-state index is 12.1. The number of aryl methyl sites for hydroxylation is 1. The van der Waals surface area contributed by atoms with Gasteiger partial charge < -0.3 is 5.32 Å². The number of nitrogens with one attached hydrogen (secondary N) is 1. The van der Waals surface area contributed by atoms with E-state index in [1.165, 1.54) is 30.4 Å². The fraction of sp³-hybridized carbons (Fsp3) is 0.733. The van der Waals surface area contributed by atoms with Gasteiger partial charge in [0.25, 0.3) is 5.56 Å². The van der Waals surface area contributed by atoms with E-state index in [2.05, 4.69) is 33.3 Å². The van der Waals surface area contributed by atoms with Crippen LogP contribution in [0.15, 0.2) is 15.5 Å². The van der Waals surface area contributed by atoms with Gasteiger partial charge in [-0.2, -0.15) is 5.10 Å². The summed E-state index contributed by atoms with van der Waals surface area (Å²) >= 11 is 3.40. The first-order chi connectivity index (χ1) is 9.61. The highest BCUT2D eigenvalue weighted by Gasteiger charge is 2.19. The summed E-state index contributed by atoms with van der Waals surface area (Å²) in [6.45, 7) is 5.97. The molecule has 0 radical (unpaired) electrons. The molecule has 1 aromatic heterocycles. The van der Waals surface area contributed by atoms with E-state index in [9.17, 15) is 4.79 Å². The smallest absolute Gasteiger partial charge is 0.283 e. The van der Waals surface area contributed by atoms with Crippen molar-refractivity contribution in [2.75, 3.05) is 11.9 Å². The van der Waals surface area contributed by atoms with Gasteiger partial charge >= 0.3 is 0 Å². The summed E-state index contributed by atoms with van der Waals surface area (Å²) in [7, 11) is 0.